The minimum atomic E-state index is -0.657. The summed E-state index contributed by atoms with van der Waals surface area (Å²) in [5.41, 5.74) is 0. The second kappa shape index (κ2) is 18.0. The van der Waals surface area contributed by atoms with E-state index in [1.165, 1.54) is 38.5 Å². The summed E-state index contributed by atoms with van der Waals surface area (Å²) in [5.74, 6) is -0.0603. The molecule has 166 valence electrons. The van der Waals surface area contributed by atoms with Gasteiger partial charge in [-0.1, -0.05) is 72.1 Å². The number of likely N-dealkylation sites (N-methyl/N-ethyl adjacent to an activating group) is 1. The van der Waals surface area contributed by atoms with E-state index >= 15 is 0 Å². The van der Waals surface area contributed by atoms with Gasteiger partial charge in [-0.15, -0.1) is 0 Å². The molecule has 0 bridgehead atoms. The number of nitrogens with zero attached hydrogens (tertiary/aromatic N) is 2. The van der Waals surface area contributed by atoms with Crippen LogP contribution in [0, 0.1) is 0 Å². The average molecular weight is 399 g/mol. The molecule has 0 fully saturated rings. The van der Waals surface area contributed by atoms with Gasteiger partial charge in [-0.2, -0.15) is 0 Å². The van der Waals surface area contributed by atoms with Crippen molar-refractivity contribution in [3.05, 3.63) is 0 Å². The van der Waals surface area contributed by atoms with E-state index in [1.807, 2.05) is 21.0 Å². The molecule has 0 aliphatic heterocycles. The molecule has 2 amide bonds. The van der Waals surface area contributed by atoms with Crippen LogP contribution < -0.4 is 0 Å². The maximum atomic E-state index is 12.8. The Bertz CT molecular complexity index is 401. The van der Waals surface area contributed by atoms with Gasteiger partial charge in [0.05, 0.1) is 6.42 Å². The number of unbranched alkanes of at least 4 members (excludes halogenated alkanes) is 8. The number of hydrogen-bond acceptors (Lipinski definition) is 3. The van der Waals surface area contributed by atoms with Crippen molar-refractivity contribution in [3.63, 3.8) is 0 Å². The molecule has 0 aliphatic rings. The van der Waals surface area contributed by atoms with Crippen molar-refractivity contribution in [2.45, 2.75) is 104 Å². The van der Waals surface area contributed by atoms with Gasteiger partial charge in [0, 0.05) is 33.8 Å². The van der Waals surface area contributed by atoms with Crippen molar-refractivity contribution < 1.29 is 14.3 Å². The molecule has 5 heteroatoms. The molecule has 0 N–H and O–H groups in total. The molecule has 0 aromatic carbocycles. The van der Waals surface area contributed by atoms with Crippen LogP contribution in [0.1, 0.15) is 97.8 Å². The van der Waals surface area contributed by atoms with E-state index < -0.39 is 6.10 Å². The lowest BCUT2D eigenvalue weighted by Crippen LogP contribution is -2.42. The van der Waals surface area contributed by atoms with Crippen LogP contribution >= 0.6 is 0 Å². The monoisotopic (exact) mass is 398 g/mol. The summed E-state index contributed by atoms with van der Waals surface area (Å²) < 4.78 is 5.76. The van der Waals surface area contributed by atoms with E-state index in [2.05, 4.69) is 13.8 Å². The Balaban J connectivity index is 4.44. The van der Waals surface area contributed by atoms with E-state index in [9.17, 15) is 9.59 Å². The highest BCUT2D eigenvalue weighted by atomic mass is 16.5. The maximum absolute atomic E-state index is 12.8. The SMILES string of the molecule is CCCCCCCN(C)C(=O)CC(OCCC)C(=O)N(C)CCCCCCC. The number of rotatable bonds is 18. The van der Waals surface area contributed by atoms with Crippen LogP contribution in [0.4, 0.5) is 0 Å². The maximum Gasteiger partial charge on any atom is 0.251 e. The second-order valence-corrected chi connectivity index (χ2v) is 7.97. The van der Waals surface area contributed by atoms with E-state index in [4.69, 9.17) is 4.74 Å². The first kappa shape index (κ1) is 26.9. The fraction of sp³-hybridized carbons (Fsp3) is 0.913. The minimum absolute atomic E-state index is 0.00119. The normalized spacial score (nSPS) is 12.0. The Labute approximate surface area is 174 Å². The highest BCUT2D eigenvalue weighted by Gasteiger charge is 2.26. The summed E-state index contributed by atoms with van der Waals surface area (Å²) >= 11 is 0. The molecule has 5 nitrogen and oxygen atoms in total. The Morgan fingerprint density at radius 3 is 1.71 bits per heavy atom. The number of ether oxygens (including phenoxy) is 1. The molecule has 0 saturated carbocycles. The second-order valence-electron chi connectivity index (χ2n) is 7.97. The van der Waals surface area contributed by atoms with Gasteiger partial charge in [0.1, 0.15) is 6.10 Å². The summed E-state index contributed by atoms with van der Waals surface area (Å²) in [4.78, 5) is 28.9. The lowest BCUT2D eigenvalue weighted by Gasteiger charge is -2.25. The highest BCUT2D eigenvalue weighted by Crippen LogP contribution is 2.10. The topological polar surface area (TPSA) is 49.9 Å². The van der Waals surface area contributed by atoms with Gasteiger partial charge in [0.25, 0.3) is 5.91 Å². The summed E-state index contributed by atoms with van der Waals surface area (Å²) in [5, 5.41) is 0. The van der Waals surface area contributed by atoms with Crippen molar-refractivity contribution in [3.8, 4) is 0 Å². The molecule has 28 heavy (non-hydrogen) atoms. The van der Waals surface area contributed by atoms with E-state index in [1.54, 1.807) is 9.80 Å². The Kier molecular flexibility index (Phi) is 17.3. The van der Waals surface area contributed by atoms with Crippen LogP contribution in [0.3, 0.4) is 0 Å². The van der Waals surface area contributed by atoms with Crippen LogP contribution in [-0.2, 0) is 14.3 Å². The summed E-state index contributed by atoms with van der Waals surface area (Å²) in [6.07, 6.45) is 12.0. The van der Waals surface area contributed by atoms with Crippen LogP contribution in [0.15, 0.2) is 0 Å². The van der Waals surface area contributed by atoms with Gasteiger partial charge in [-0.3, -0.25) is 9.59 Å². The van der Waals surface area contributed by atoms with Crippen LogP contribution in [0.25, 0.3) is 0 Å². The first-order valence-corrected chi connectivity index (χ1v) is 11.6. The molecule has 0 radical (unpaired) electrons. The van der Waals surface area contributed by atoms with E-state index in [-0.39, 0.29) is 18.2 Å². The molecule has 0 aromatic rings. The predicted octanol–water partition coefficient (Wildman–Crippen LogP) is 5.03. The van der Waals surface area contributed by atoms with Gasteiger partial charge < -0.3 is 14.5 Å². The summed E-state index contributed by atoms with van der Waals surface area (Å²) in [6, 6.07) is 0. The highest BCUT2D eigenvalue weighted by molar-refractivity contribution is 5.87. The molecule has 0 aliphatic carbocycles. The third-order valence-corrected chi connectivity index (χ3v) is 5.15. The summed E-state index contributed by atoms with van der Waals surface area (Å²) in [6.45, 7) is 8.41. The van der Waals surface area contributed by atoms with Crippen LogP contribution in [-0.4, -0.2) is 61.5 Å². The molecule has 0 spiro atoms. The lowest BCUT2D eigenvalue weighted by atomic mass is 10.1. The third-order valence-electron chi connectivity index (χ3n) is 5.15. The Morgan fingerprint density at radius 2 is 1.21 bits per heavy atom. The van der Waals surface area contributed by atoms with Crippen molar-refractivity contribution in [2.24, 2.45) is 0 Å². The first-order chi connectivity index (χ1) is 13.5. The quantitative estimate of drug-likeness (QED) is 0.304. The number of hydrogen-bond donors (Lipinski definition) is 0. The van der Waals surface area contributed by atoms with Crippen LogP contribution in [0.2, 0.25) is 0 Å². The molecule has 1 unspecified atom stereocenters. The van der Waals surface area contributed by atoms with Crippen molar-refractivity contribution in [2.75, 3.05) is 33.8 Å². The van der Waals surface area contributed by atoms with Gasteiger partial charge >= 0.3 is 0 Å². The van der Waals surface area contributed by atoms with Gasteiger partial charge in [0.2, 0.25) is 5.91 Å². The zero-order valence-corrected chi connectivity index (χ0v) is 19.3. The van der Waals surface area contributed by atoms with Crippen molar-refractivity contribution in [1.82, 2.24) is 9.80 Å². The molecule has 0 aromatic heterocycles. The molecule has 0 rings (SSSR count). The molecule has 0 heterocycles. The van der Waals surface area contributed by atoms with Gasteiger partial charge in [-0.25, -0.2) is 0 Å². The summed E-state index contributed by atoms with van der Waals surface area (Å²) in [7, 11) is 3.66. The number of amides is 2. The van der Waals surface area contributed by atoms with Gasteiger partial charge in [0.15, 0.2) is 0 Å². The first-order valence-electron chi connectivity index (χ1n) is 11.6. The third kappa shape index (κ3) is 13.1. The number of carbonyl (C=O) groups excluding carboxylic acids is 2. The Morgan fingerprint density at radius 1 is 0.714 bits per heavy atom. The van der Waals surface area contributed by atoms with Gasteiger partial charge in [-0.05, 0) is 19.3 Å². The fourth-order valence-electron chi connectivity index (χ4n) is 3.18. The predicted molar refractivity (Wildman–Crippen MR) is 117 cm³/mol. The zero-order valence-electron chi connectivity index (χ0n) is 19.3. The van der Waals surface area contributed by atoms with E-state index in [0.29, 0.717) is 6.61 Å². The standard InChI is InChI=1S/C23H46N2O3/c1-6-9-11-13-15-17-24(4)22(26)20-21(28-19-8-3)23(27)25(5)18-16-14-12-10-7-2/h21H,6-20H2,1-5H3. The van der Waals surface area contributed by atoms with Crippen LogP contribution in [0.5, 0.6) is 0 Å². The minimum Gasteiger partial charge on any atom is -0.368 e. The smallest absolute Gasteiger partial charge is 0.251 e. The lowest BCUT2D eigenvalue weighted by molar-refractivity contribution is -0.148. The van der Waals surface area contributed by atoms with Crippen molar-refractivity contribution in [1.29, 1.82) is 0 Å². The van der Waals surface area contributed by atoms with E-state index in [0.717, 1.165) is 45.2 Å². The Hall–Kier alpha value is -1.10. The fourth-order valence-corrected chi connectivity index (χ4v) is 3.18. The van der Waals surface area contributed by atoms with Crippen molar-refractivity contribution >= 4 is 11.8 Å². The largest absolute Gasteiger partial charge is 0.368 e. The molecule has 0 saturated heterocycles. The average Bonchev–Trinajstić information content (AvgIpc) is 2.69. The molecule has 1 atom stereocenters. The number of carbonyl (C=O) groups is 2. The molecular formula is C23H46N2O3. The molecular weight excluding hydrogens is 352 g/mol. The zero-order chi connectivity index (χ0) is 21.2.